The summed E-state index contributed by atoms with van der Waals surface area (Å²) in [5.41, 5.74) is 2.46. The first kappa shape index (κ1) is 34.4. The molecule has 0 fully saturated rings. The van der Waals surface area contributed by atoms with Gasteiger partial charge in [0.15, 0.2) is 0 Å². The van der Waals surface area contributed by atoms with E-state index in [1.807, 2.05) is 0 Å². The Balaban J connectivity index is 2.20. The predicted molar refractivity (Wildman–Crippen MR) is 164 cm³/mol. The van der Waals surface area contributed by atoms with Crippen molar-refractivity contribution in [3.05, 3.63) is 29.3 Å². The summed E-state index contributed by atoms with van der Waals surface area (Å²) in [7, 11) is 0. The van der Waals surface area contributed by atoms with Gasteiger partial charge >= 0.3 is 0 Å². The zero-order valence-corrected chi connectivity index (χ0v) is 24.9. The van der Waals surface area contributed by atoms with Crippen molar-refractivity contribution in [2.24, 2.45) is 11.8 Å². The van der Waals surface area contributed by atoms with Gasteiger partial charge in [-0.05, 0) is 126 Å². The topological polar surface area (TPSA) is 81.4 Å². The van der Waals surface area contributed by atoms with E-state index in [1.165, 1.54) is 24.0 Å². The van der Waals surface area contributed by atoms with E-state index in [0.717, 1.165) is 109 Å². The molecule has 7 nitrogen and oxygen atoms in total. The van der Waals surface area contributed by atoms with Gasteiger partial charge in [-0.15, -0.1) is 6.42 Å². The van der Waals surface area contributed by atoms with Crippen molar-refractivity contribution in [2.45, 2.75) is 66.5 Å². The fourth-order valence-electron chi connectivity index (χ4n) is 3.99. The minimum absolute atomic E-state index is 0.293. The Kier molecular flexibility index (Phi) is 22.1. The van der Waals surface area contributed by atoms with Gasteiger partial charge in [-0.25, -0.2) is 0 Å². The Morgan fingerprint density at radius 2 is 1.00 bits per heavy atom. The van der Waals surface area contributed by atoms with Crippen LogP contribution in [0.2, 0.25) is 0 Å². The second kappa shape index (κ2) is 24.4. The number of benzene rings is 1. The molecular formula is C31H58N6O. The Hall–Kier alpha value is -1.66. The Bertz CT molecular complexity index is 671. The van der Waals surface area contributed by atoms with Crippen molar-refractivity contribution in [1.82, 2.24) is 31.9 Å². The van der Waals surface area contributed by atoms with Crippen LogP contribution in [0.15, 0.2) is 18.2 Å². The third-order valence-electron chi connectivity index (χ3n) is 5.94. The van der Waals surface area contributed by atoms with Gasteiger partial charge in [0.2, 0.25) is 0 Å². The highest BCUT2D eigenvalue weighted by molar-refractivity contribution is 5.35. The zero-order chi connectivity index (χ0) is 27.7. The van der Waals surface area contributed by atoms with Crippen molar-refractivity contribution in [3.8, 4) is 18.1 Å². The SMILES string of the molecule is C#CCOc1cc(CNCCCNCCCNCC(C)C)cc(CNCCCNCCCNCC(C)C)c1. The van der Waals surface area contributed by atoms with Crippen LogP contribution in [0.25, 0.3) is 0 Å². The van der Waals surface area contributed by atoms with Gasteiger partial charge in [-0.1, -0.05) is 39.7 Å². The minimum atomic E-state index is 0.293. The molecule has 0 unspecified atom stereocenters. The molecule has 38 heavy (non-hydrogen) atoms. The summed E-state index contributed by atoms with van der Waals surface area (Å²) in [5, 5.41) is 21.2. The minimum Gasteiger partial charge on any atom is -0.481 e. The molecule has 0 spiro atoms. The molecule has 6 N–H and O–H groups in total. The molecular weight excluding hydrogens is 472 g/mol. The maximum absolute atomic E-state index is 5.74. The van der Waals surface area contributed by atoms with Gasteiger partial charge in [0.05, 0.1) is 0 Å². The van der Waals surface area contributed by atoms with Gasteiger partial charge < -0.3 is 36.6 Å². The third kappa shape index (κ3) is 21.3. The summed E-state index contributed by atoms with van der Waals surface area (Å²) in [5.74, 6) is 4.85. The zero-order valence-electron chi connectivity index (χ0n) is 24.9. The van der Waals surface area contributed by atoms with E-state index < -0.39 is 0 Å². The second-order valence-electron chi connectivity index (χ2n) is 10.9. The van der Waals surface area contributed by atoms with E-state index >= 15 is 0 Å². The standard InChI is InChI=1S/C31H58N6O/c1-6-19-38-31-21-29(25-36-17-9-13-32-11-7-15-34-23-27(2)3)20-30(22-31)26-37-18-10-14-33-12-8-16-35-24-28(4)5/h1,20-22,27-28,32-37H,7-19,23-26H2,2-5H3. The van der Waals surface area contributed by atoms with Crippen molar-refractivity contribution in [3.63, 3.8) is 0 Å². The highest BCUT2D eigenvalue weighted by Crippen LogP contribution is 2.17. The second-order valence-corrected chi connectivity index (χ2v) is 10.9. The summed E-state index contributed by atoms with van der Waals surface area (Å²) >= 11 is 0. The number of nitrogens with one attached hydrogen (secondary N) is 6. The molecule has 218 valence electrons. The summed E-state index contributed by atoms with van der Waals surface area (Å²) in [6, 6.07) is 6.44. The van der Waals surface area contributed by atoms with Gasteiger partial charge in [0, 0.05) is 13.1 Å². The van der Waals surface area contributed by atoms with Crippen LogP contribution in [0.5, 0.6) is 5.75 Å². The largest absolute Gasteiger partial charge is 0.481 e. The van der Waals surface area contributed by atoms with Crippen molar-refractivity contribution in [1.29, 1.82) is 0 Å². The highest BCUT2D eigenvalue weighted by atomic mass is 16.5. The summed E-state index contributed by atoms with van der Waals surface area (Å²) in [4.78, 5) is 0. The third-order valence-corrected chi connectivity index (χ3v) is 5.94. The molecule has 0 saturated heterocycles. The van der Waals surface area contributed by atoms with Crippen LogP contribution < -0.4 is 36.6 Å². The maximum atomic E-state index is 5.74. The lowest BCUT2D eigenvalue weighted by molar-refractivity contribution is 0.369. The summed E-state index contributed by atoms with van der Waals surface area (Å²) in [6.45, 7) is 21.5. The molecule has 0 aliphatic carbocycles. The van der Waals surface area contributed by atoms with Crippen LogP contribution in [-0.4, -0.2) is 72.1 Å². The molecule has 1 aromatic rings. The molecule has 0 amide bonds. The first-order valence-corrected chi connectivity index (χ1v) is 14.9. The van der Waals surface area contributed by atoms with Crippen LogP contribution in [0.3, 0.4) is 0 Å². The Labute approximate surface area is 234 Å². The molecule has 0 aliphatic rings. The normalized spacial score (nSPS) is 11.4. The lowest BCUT2D eigenvalue weighted by Gasteiger charge is -2.12. The number of rotatable bonds is 26. The van der Waals surface area contributed by atoms with Crippen LogP contribution in [0.4, 0.5) is 0 Å². The fraction of sp³-hybridized carbons (Fsp3) is 0.742. The summed E-state index contributed by atoms with van der Waals surface area (Å²) in [6.07, 6.45) is 9.98. The maximum Gasteiger partial charge on any atom is 0.148 e. The molecule has 0 saturated carbocycles. The molecule has 0 aliphatic heterocycles. The monoisotopic (exact) mass is 530 g/mol. The van der Waals surface area contributed by atoms with E-state index in [4.69, 9.17) is 11.2 Å². The average Bonchev–Trinajstić information content (AvgIpc) is 2.88. The molecule has 0 aromatic heterocycles. The number of ether oxygens (including phenoxy) is 1. The van der Waals surface area contributed by atoms with Crippen molar-refractivity contribution in [2.75, 3.05) is 72.1 Å². The highest BCUT2D eigenvalue weighted by Gasteiger charge is 2.03. The smallest absolute Gasteiger partial charge is 0.148 e. The van der Waals surface area contributed by atoms with Gasteiger partial charge in [-0.3, -0.25) is 0 Å². The molecule has 1 rings (SSSR count). The predicted octanol–water partition coefficient (Wildman–Crippen LogP) is 3.11. The van der Waals surface area contributed by atoms with E-state index in [1.54, 1.807) is 0 Å². The average molecular weight is 531 g/mol. The van der Waals surface area contributed by atoms with Crippen molar-refractivity contribution >= 4 is 0 Å². The van der Waals surface area contributed by atoms with Crippen LogP contribution in [-0.2, 0) is 13.1 Å². The van der Waals surface area contributed by atoms with Crippen molar-refractivity contribution < 1.29 is 4.74 Å². The summed E-state index contributed by atoms with van der Waals surface area (Å²) < 4.78 is 5.74. The van der Waals surface area contributed by atoms with E-state index in [-0.39, 0.29) is 0 Å². The van der Waals surface area contributed by atoms with E-state index in [0.29, 0.717) is 6.61 Å². The van der Waals surface area contributed by atoms with Gasteiger partial charge in [-0.2, -0.15) is 0 Å². The quantitative estimate of drug-likeness (QED) is 0.0812. The Morgan fingerprint density at radius 3 is 1.39 bits per heavy atom. The molecule has 7 heteroatoms. The van der Waals surface area contributed by atoms with Gasteiger partial charge in [0.1, 0.15) is 12.4 Å². The first-order valence-electron chi connectivity index (χ1n) is 14.9. The Morgan fingerprint density at radius 1 is 0.605 bits per heavy atom. The van der Waals surface area contributed by atoms with Crippen LogP contribution in [0.1, 0.15) is 64.5 Å². The lowest BCUT2D eigenvalue weighted by atomic mass is 10.1. The molecule has 0 radical (unpaired) electrons. The molecule has 0 atom stereocenters. The lowest BCUT2D eigenvalue weighted by Crippen LogP contribution is -2.26. The van der Waals surface area contributed by atoms with Crippen LogP contribution >= 0.6 is 0 Å². The fourth-order valence-corrected chi connectivity index (χ4v) is 3.99. The van der Waals surface area contributed by atoms with Crippen LogP contribution in [0, 0.1) is 24.2 Å². The van der Waals surface area contributed by atoms with Gasteiger partial charge in [0.25, 0.3) is 0 Å². The molecule has 0 bridgehead atoms. The number of hydrogen-bond donors (Lipinski definition) is 6. The number of terminal acetylenes is 1. The molecule has 0 heterocycles. The van der Waals surface area contributed by atoms with E-state index in [9.17, 15) is 0 Å². The molecule has 1 aromatic carbocycles. The number of hydrogen-bond acceptors (Lipinski definition) is 7. The first-order chi connectivity index (χ1) is 18.5. The van der Waals surface area contributed by atoms with E-state index in [2.05, 4.69) is 83.7 Å².